The van der Waals surface area contributed by atoms with Crippen molar-refractivity contribution in [2.24, 2.45) is 0 Å². The topological polar surface area (TPSA) is 51.0 Å². The van der Waals surface area contributed by atoms with E-state index >= 15 is 0 Å². The van der Waals surface area contributed by atoms with Gasteiger partial charge in [0.1, 0.15) is 5.82 Å². The summed E-state index contributed by atoms with van der Waals surface area (Å²) in [5.74, 6) is 0.409. The van der Waals surface area contributed by atoms with Gasteiger partial charge in [-0.1, -0.05) is 11.6 Å². The number of halogens is 1. The number of carbonyl (C=O) groups excluding carboxylic acids is 1. The van der Waals surface area contributed by atoms with Crippen molar-refractivity contribution in [3.63, 3.8) is 0 Å². The molecule has 0 spiro atoms. The average molecular weight is 291 g/mol. The molecular formula is C14H15ClN4O. The Morgan fingerprint density at radius 2 is 2.25 bits per heavy atom. The number of amides is 1. The van der Waals surface area contributed by atoms with Crippen molar-refractivity contribution < 1.29 is 4.79 Å². The summed E-state index contributed by atoms with van der Waals surface area (Å²) in [7, 11) is 0. The minimum absolute atomic E-state index is 0.0117. The van der Waals surface area contributed by atoms with E-state index in [4.69, 9.17) is 11.6 Å². The van der Waals surface area contributed by atoms with Crippen LogP contribution >= 0.6 is 11.6 Å². The van der Waals surface area contributed by atoms with E-state index in [2.05, 4.69) is 14.5 Å². The number of hydrogen-bond acceptors (Lipinski definition) is 3. The van der Waals surface area contributed by atoms with E-state index < -0.39 is 0 Å². The number of aryl methyl sites for hydroxylation is 1. The molecule has 1 atom stereocenters. The Hall–Kier alpha value is -1.88. The van der Waals surface area contributed by atoms with Crippen molar-refractivity contribution >= 4 is 17.5 Å². The highest BCUT2D eigenvalue weighted by molar-refractivity contribution is 6.33. The molecule has 1 unspecified atom stereocenters. The maximum atomic E-state index is 12.7. The molecule has 20 heavy (non-hydrogen) atoms. The van der Waals surface area contributed by atoms with Crippen LogP contribution in [0.25, 0.3) is 0 Å². The van der Waals surface area contributed by atoms with Crippen molar-refractivity contribution in [2.75, 3.05) is 6.54 Å². The number of fused-ring (bicyclic) bond motifs is 1. The zero-order valence-electron chi connectivity index (χ0n) is 11.4. The van der Waals surface area contributed by atoms with E-state index in [1.54, 1.807) is 6.92 Å². The van der Waals surface area contributed by atoms with Crippen LogP contribution in [0.5, 0.6) is 0 Å². The van der Waals surface area contributed by atoms with Crippen LogP contribution in [0.2, 0.25) is 5.02 Å². The Bertz CT molecular complexity index is 667. The first-order chi connectivity index (χ1) is 9.58. The standard InChI is InChI=1S/C14H15ClN4O/c1-9-12-4-3-5-18(12)6-7-19(9)14(20)13-11(15)8-16-10(2)17-13/h3-5,8-9H,6-7H2,1-2H3. The highest BCUT2D eigenvalue weighted by atomic mass is 35.5. The molecule has 0 bridgehead atoms. The predicted molar refractivity (Wildman–Crippen MR) is 75.7 cm³/mol. The van der Waals surface area contributed by atoms with Crippen LogP contribution in [-0.2, 0) is 6.54 Å². The molecule has 6 heteroatoms. The highest BCUT2D eigenvalue weighted by Gasteiger charge is 2.30. The first-order valence-electron chi connectivity index (χ1n) is 6.53. The molecule has 1 aliphatic heterocycles. The maximum Gasteiger partial charge on any atom is 0.274 e. The summed E-state index contributed by atoms with van der Waals surface area (Å²) in [6.45, 7) is 5.21. The van der Waals surface area contributed by atoms with E-state index in [1.165, 1.54) is 6.20 Å². The Morgan fingerprint density at radius 1 is 1.45 bits per heavy atom. The number of nitrogens with zero attached hydrogens (tertiary/aromatic N) is 4. The fourth-order valence-electron chi connectivity index (χ4n) is 2.60. The molecule has 0 aromatic carbocycles. The molecular weight excluding hydrogens is 276 g/mol. The number of hydrogen-bond donors (Lipinski definition) is 0. The first-order valence-corrected chi connectivity index (χ1v) is 6.91. The van der Waals surface area contributed by atoms with E-state index in [-0.39, 0.29) is 17.6 Å². The Labute approximate surface area is 122 Å². The van der Waals surface area contributed by atoms with Crippen LogP contribution in [-0.4, -0.2) is 31.9 Å². The lowest BCUT2D eigenvalue weighted by Gasteiger charge is -2.34. The zero-order chi connectivity index (χ0) is 14.3. The summed E-state index contributed by atoms with van der Waals surface area (Å²) in [5.41, 5.74) is 1.41. The maximum absolute atomic E-state index is 12.7. The van der Waals surface area contributed by atoms with Crippen molar-refractivity contribution in [3.05, 3.63) is 46.8 Å². The lowest BCUT2D eigenvalue weighted by Crippen LogP contribution is -2.41. The molecule has 5 nitrogen and oxygen atoms in total. The van der Waals surface area contributed by atoms with Crippen LogP contribution in [0.1, 0.15) is 35.0 Å². The van der Waals surface area contributed by atoms with Gasteiger partial charge in [0, 0.05) is 25.0 Å². The van der Waals surface area contributed by atoms with Crippen molar-refractivity contribution in [3.8, 4) is 0 Å². The van der Waals surface area contributed by atoms with Gasteiger partial charge in [0.05, 0.1) is 17.3 Å². The molecule has 0 radical (unpaired) electrons. The SMILES string of the molecule is Cc1ncc(Cl)c(C(=O)N2CCn3cccc3C2C)n1. The average Bonchev–Trinajstić information content (AvgIpc) is 2.90. The minimum atomic E-state index is -0.138. The number of carbonyl (C=O) groups is 1. The van der Waals surface area contributed by atoms with Crippen LogP contribution in [0.4, 0.5) is 0 Å². The van der Waals surface area contributed by atoms with Crippen LogP contribution in [0.3, 0.4) is 0 Å². The molecule has 1 amide bonds. The summed E-state index contributed by atoms with van der Waals surface area (Å²) in [6.07, 6.45) is 3.52. The van der Waals surface area contributed by atoms with Crippen LogP contribution in [0, 0.1) is 6.92 Å². The lowest BCUT2D eigenvalue weighted by molar-refractivity contribution is 0.0637. The Morgan fingerprint density at radius 3 is 3.05 bits per heavy atom. The third-order valence-corrected chi connectivity index (χ3v) is 3.95. The quantitative estimate of drug-likeness (QED) is 0.811. The van der Waals surface area contributed by atoms with Crippen LogP contribution in [0.15, 0.2) is 24.5 Å². The van der Waals surface area contributed by atoms with E-state index in [0.29, 0.717) is 17.4 Å². The molecule has 0 aliphatic carbocycles. The monoisotopic (exact) mass is 290 g/mol. The third-order valence-electron chi connectivity index (χ3n) is 3.67. The zero-order valence-corrected chi connectivity index (χ0v) is 12.1. The van der Waals surface area contributed by atoms with Gasteiger partial charge in [-0.25, -0.2) is 9.97 Å². The van der Waals surface area contributed by atoms with Gasteiger partial charge in [-0.05, 0) is 26.0 Å². The van der Waals surface area contributed by atoms with Crippen molar-refractivity contribution in [2.45, 2.75) is 26.4 Å². The minimum Gasteiger partial charge on any atom is -0.348 e. The van der Waals surface area contributed by atoms with Crippen molar-refractivity contribution in [1.29, 1.82) is 0 Å². The molecule has 104 valence electrons. The molecule has 3 rings (SSSR count). The van der Waals surface area contributed by atoms with Crippen molar-refractivity contribution in [1.82, 2.24) is 19.4 Å². The third kappa shape index (κ3) is 2.08. The van der Waals surface area contributed by atoms with Crippen LogP contribution < -0.4 is 0 Å². The smallest absolute Gasteiger partial charge is 0.274 e. The second-order valence-corrected chi connectivity index (χ2v) is 5.32. The first kappa shape index (κ1) is 13.1. The normalized spacial score (nSPS) is 17.9. The fraction of sp³-hybridized carbons (Fsp3) is 0.357. The van der Waals surface area contributed by atoms with Gasteiger partial charge in [0.15, 0.2) is 5.69 Å². The van der Waals surface area contributed by atoms with Gasteiger partial charge in [0.25, 0.3) is 5.91 Å². The van der Waals surface area contributed by atoms with Gasteiger partial charge < -0.3 is 9.47 Å². The molecule has 0 saturated heterocycles. The summed E-state index contributed by atoms with van der Waals surface area (Å²) in [5, 5.41) is 0.300. The largest absolute Gasteiger partial charge is 0.348 e. The number of rotatable bonds is 1. The van der Waals surface area contributed by atoms with Gasteiger partial charge in [-0.3, -0.25) is 4.79 Å². The van der Waals surface area contributed by atoms with E-state index in [9.17, 15) is 4.79 Å². The molecule has 0 N–H and O–H groups in total. The molecule has 2 aromatic heterocycles. The summed E-state index contributed by atoms with van der Waals surface area (Å²) >= 11 is 6.06. The summed E-state index contributed by atoms with van der Waals surface area (Å²) < 4.78 is 2.17. The predicted octanol–water partition coefficient (Wildman–Crippen LogP) is 2.46. The van der Waals surface area contributed by atoms with Gasteiger partial charge >= 0.3 is 0 Å². The highest BCUT2D eigenvalue weighted by Crippen LogP contribution is 2.27. The Balaban J connectivity index is 1.94. The lowest BCUT2D eigenvalue weighted by atomic mass is 10.1. The van der Waals surface area contributed by atoms with Gasteiger partial charge in [-0.2, -0.15) is 0 Å². The fourth-order valence-corrected chi connectivity index (χ4v) is 2.77. The molecule has 3 heterocycles. The molecule has 1 aliphatic rings. The molecule has 0 saturated carbocycles. The molecule has 0 fully saturated rings. The summed E-state index contributed by atoms with van der Waals surface area (Å²) in [4.78, 5) is 22.6. The molecule has 2 aromatic rings. The van der Waals surface area contributed by atoms with Gasteiger partial charge in [0.2, 0.25) is 0 Å². The van der Waals surface area contributed by atoms with E-state index in [0.717, 1.165) is 12.2 Å². The second-order valence-electron chi connectivity index (χ2n) is 4.91. The second kappa shape index (κ2) is 4.90. The summed E-state index contributed by atoms with van der Waals surface area (Å²) in [6, 6.07) is 4.05. The number of aromatic nitrogens is 3. The Kier molecular flexibility index (Phi) is 3.22. The van der Waals surface area contributed by atoms with E-state index in [1.807, 2.05) is 30.2 Å². The van der Waals surface area contributed by atoms with Gasteiger partial charge in [-0.15, -0.1) is 0 Å².